The molecule has 6 nitrogen and oxygen atoms in total. The van der Waals surface area contributed by atoms with Crippen molar-refractivity contribution in [1.29, 1.82) is 0 Å². The molecule has 18 heavy (non-hydrogen) atoms. The van der Waals surface area contributed by atoms with Crippen LogP contribution in [0.3, 0.4) is 0 Å². The van der Waals surface area contributed by atoms with Gasteiger partial charge in [-0.15, -0.1) is 5.10 Å². The number of nitrogens with one attached hydrogen (secondary N) is 2. The van der Waals surface area contributed by atoms with Gasteiger partial charge in [-0.2, -0.15) is 9.37 Å². The number of hydrogen-bond acceptors (Lipinski definition) is 5. The maximum Gasteiger partial charge on any atom is 0.246 e. The van der Waals surface area contributed by atoms with Gasteiger partial charge in [0.05, 0.1) is 18.5 Å². The van der Waals surface area contributed by atoms with Crippen molar-refractivity contribution in [1.82, 2.24) is 20.2 Å². The third-order valence-corrected chi connectivity index (χ3v) is 2.80. The summed E-state index contributed by atoms with van der Waals surface area (Å²) < 4.78 is 17.9. The minimum atomic E-state index is -0.515. The highest BCUT2D eigenvalue weighted by Gasteiger charge is 2.21. The van der Waals surface area contributed by atoms with E-state index in [-0.39, 0.29) is 5.92 Å². The predicted molar refractivity (Wildman–Crippen MR) is 62.0 cm³/mol. The van der Waals surface area contributed by atoms with E-state index in [9.17, 15) is 4.39 Å². The second kappa shape index (κ2) is 4.69. The normalized spacial score (nSPS) is 19.1. The van der Waals surface area contributed by atoms with Gasteiger partial charge in [0.1, 0.15) is 5.82 Å². The van der Waals surface area contributed by atoms with E-state index in [1.54, 1.807) is 6.07 Å². The Labute approximate surface area is 103 Å². The summed E-state index contributed by atoms with van der Waals surface area (Å²) in [6.45, 7) is 1.43. The summed E-state index contributed by atoms with van der Waals surface area (Å²) in [5, 5.41) is 9.89. The summed E-state index contributed by atoms with van der Waals surface area (Å²) in [5.74, 6) is 1.02. The molecule has 0 aliphatic carbocycles. The minimum Gasteiger partial charge on any atom is -0.381 e. The summed E-state index contributed by atoms with van der Waals surface area (Å²) in [5.41, 5.74) is 0.643. The van der Waals surface area contributed by atoms with E-state index in [4.69, 9.17) is 4.74 Å². The van der Waals surface area contributed by atoms with E-state index in [2.05, 4.69) is 25.5 Å². The highest BCUT2D eigenvalue weighted by Crippen LogP contribution is 2.23. The number of halogens is 1. The number of ether oxygens (including phenoxy) is 1. The van der Waals surface area contributed by atoms with Crippen LogP contribution in [0.5, 0.6) is 0 Å². The molecule has 3 rings (SSSR count). The van der Waals surface area contributed by atoms with E-state index in [1.165, 1.54) is 12.3 Å². The zero-order chi connectivity index (χ0) is 12.4. The molecule has 2 aromatic heterocycles. The Kier molecular flexibility index (Phi) is 2.89. The molecular weight excluding hydrogens is 237 g/mol. The summed E-state index contributed by atoms with van der Waals surface area (Å²) in [4.78, 5) is 7.88. The number of rotatable bonds is 3. The second-order valence-electron chi connectivity index (χ2n) is 4.10. The number of pyridine rings is 1. The van der Waals surface area contributed by atoms with Crippen molar-refractivity contribution in [3.05, 3.63) is 30.1 Å². The van der Waals surface area contributed by atoms with Gasteiger partial charge in [0.15, 0.2) is 0 Å². The van der Waals surface area contributed by atoms with Crippen LogP contribution in [-0.2, 0) is 4.74 Å². The molecule has 7 heteroatoms. The molecule has 1 aliphatic rings. The first-order valence-corrected chi connectivity index (χ1v) is 5.70. The van der Waals surface area contributed by atoms with Gasteiger partial charge in [0.25, 0.3) is 0 Å². The van der Waals surface area contributed by atoms with Gasteiger partial charge in [-0.05, 0) is 18.6 Å². The van der Waals surface area contributed by atoms with Crippen LogP contribution in [0, 0.1) is 5.95 Å². The molecule has 0 bridgehead atoms. The van der Waals surface area contributed by atoms with E-state index in [0.717, 1.165) is 18.9 Å². The van der Waals surface area contributed by atoms with Crippen LogP contribution in [-0.4, -0.2) is 33.4 Å². The Morgan fingerprint density at radius 3 is 3.11 bits per heavy atom. The maximum atomic E-state index is 12.6. The summed E-state index contributed by atoms with van der Waals surface area (Å²) in [6, 6.07) is 2.86. The quantitative estimate of drug-likeness (QED) is 0.808. The van der Waals surface area contributed by atoms with Gasteiger partial charge in [-0.25, -0.2) is 4.98 Å². The zero-order valence-electron chi connectivity index (χ0n) is 9.56. The fraction of sp³-hybridized carbons (Fsp3) is 0.364. The number of hydrogen-bond donors (Lipinski definition) is 2. The van der Waals surface area contributed by atoms with Crippen molar-refractivity contribution < 1.29 is 9.13 Å². The van der Waals surface area contributed by atoms with Gasteiger partial charge in [-0.1, -0.05) is 0 Å². The van der Waals surface area contributed by atoms with Crippen molar-refractivity contribution >= 4 is 11.6 Å². The molecule has 2 N–H and O–H groups in total. The molecule has 0 radical (unpaired) electrons. The van der Waals surface area contributed by atoms with Gasteiger partial charge >= 0.3 is 0 Å². The molecular formula is C11H12FN5O. The van der Waals surface area contributed by atoms with Gasteiger partial charge in [0.2, 0.25) is 11.9 Å². The summed E-state index contributed by atoms with van der Waals surface area (Å²) >= 11 is 0. The third kappa shape index (κ3) is 2.30. The molecule has 0 amide bonds. The Morgan fingerprint density at radius 2 is 2.39 bits per heavy atom. The van der Waals surface area contributed by atoms with Crippen LogP contribution in [0.25, 0.3) is 0 Å². The standard InChI is InChI=1S/C11H12FN5O/c12-9-2-1-8(5-13-9)14-11-15-10(16-17-11)7-3-4-18-6-7/h1-2,5,7H,3-4,6H2,(H2,14,15,16,17). The molecule has 94 valence electrons. The lowest BCUT2D eigenvalue weighted by atomic mass is 10.1. The van der Waals surface area contributed by atoms with Gasteiger partial charge in [-0.3, -0.25) is 5.10 Å². The van der Waals surface area contributed by atoms with Crippen molar-refractivity contribution in [3.8, 4) is 0 Å². The molecule has 1 atom stereocenters. The van der Waals surface area contributed by atoms with Crippen LogP contribution in [0.4, 0.5) is 16.0 Å². The van der Waals surface area contributed by atoms with Gasteiger partial charge < -0.3 is 10.1 Å². The van der Waals surface area contributed by atoms with Crippen LogP contribution >= 0.6 is 0 Å². The number of anilines is 2. The minimum absolute atomic E-state index is 0.277. The van der Waals surface area contributed by atoms with E-state index in [0.29, 0.717) is 18.2 Å². The fourth-order valence-electron chi connectivity index (χ4n) is 1.84. The number of nitrogens with zero attached hydrogens (tertiary/aromatic N) is 3. The van der Waals surface area contributed by atoms with Crippen molar-refractivity contribution in [2.75, 3.05) is 18.5 Å². The molecule has 1 unspecified atom stereocenters. The molecule has 2 aromatic rings. The van der Waals surface area contributed by atoms with E-state index < -0.39 is 5.95 Å². The lowest BCUT2D eigenvalue weighted by Gasteiger charge is -2.01. The van der Waals surface area contributed by atoms with Crippen LogP contribution < -0.4 is 5.32 Å². The lowest BCUT2D eigenvalue weighted by molar-refractivity contribution is 0.193. The highest BCUT2D eigenvalue weighted by molar-refractivity contribution is 5.50. The SMILES string of the molecule is Fc1ccc(Nc2n[nH]c(C3CCOC3)n2)cn1. The molecule has 1 saturated heterocycles. The molecule has 1 fully saturated rings. The van der Waals surface area contributed by atoms with Crippen molar-refractivity contribution in [2.45, 2.75) is 12.3 Å². The smallest absolute Gasteiger partial charge is 0.246 e. The second-order valence-corrected chi connectivity index (χ2v) is 4.10. The zero-order valence-corrected chi connectivity index (χ0v) is 9.56. The van der Waals surface area contributed by atoms with Crippen LogP contribution in [0.2, 0.25) is 0 Å². The Balaban J connectivity index is 1.71. The number of aromatic amines is 1. The van der Waals surface area contributed by atoms with Crippen molar-refractivity contribution in [2.24, 2.45) is 0 Å². The predicted octanol–water partition coefficient (Wildman–Crippen LogP) is 1.59. The molecule has 0 spiro atoms. The molecule has 3 heterocycles. The van der Waals surface area contributed by atoms with Crippen molar-refractivity contribution in [3.63, 3.8) is 0 Å². The first-order chi connectivity index (χ1) is 8.81. The molecule has 0 saturated carbocycles. The average molecular weight is 249 g/mol. The maximum absolute atomic E-state index is 12.6. The van der Waals surface area contributed by atoms with Crippen LogP contribution in [0.15, 0.2) is 18.3 Å². The van der Waals surface area contributed by atoms with E-state index in [1.807, 2.05) is 0 Å². The van der Waals surface area contributed by atoms with Crippen LogP contribution in [0.1, 0.15) is 18.2 Å². The lowest BCUT2D eigenvalue weighted by Crippen LogP contribution is -2.00. The Bertz CT molecular complexity index is 520. The monoisotopic (exact) mass is 249 g/mol. The Morgan fingerprint density at radius 1 is 1.44 bits per heavy atom. The number of aromatic nitrogens is 4. The third-order valence-electron chi connectivity index (χ3n) is 2.80. The molecule has 1 aliphatic heterocycles. The largest absolute Gasteiger partial charge is 0.381 e. The van der Waals surface area contributed by atoms with E-state index >= 15 is 0 Å². The molecule has 0 aromatic carbocycles. The van der Waals surface area contributed by atoms with Gasteiger partial charge in [0, 0.05) is 12.5 Å². The highest BCUT2D eigenvalue weighted by atomic mass is 19.1. The first kappa shape index (κ1) is 11.1. The average Bonchev–Trinajstić information content (AvgIpc) is 3.02. The fourth-order valence-corrected chi connectivity index (χ4v) is 1.84. The summed E-state index contributed by atoms with van der Waals surface area (Å²) in [6.07, 6.45) is 2.34. The number of H-pyrrole nitrogens is 1. The summed E-state index contributed by atoms with van der Waals surface area (Å²) in [7, 11) is 0. The Hall–Kier alpha value is -2.02. The first-order valence-electron chi connectivity index (χ1n) is 5.70. The topological polar surface area (TPSA) is 75.7 Å².